The minimum atomic E-state index is 0.0821. The lowest BCUT2D eigenvalue weighted by atomic mass is 9.98. The number of aryl methyl sites for hydroxylation is 1. The van der Waals surface area contributed by atoms with Gasteiger partial charge in [-0.25, -0.2) is 0 Å². The van der Waals surface area contributed by atoms with Crippen molar-refractivity contribution in [3.8, 4) is 0 Å². The molecule has 0 spiro atoms. The van der Waals surface area contributed by atoms with Crippen molar-refractivity contribution in [3.05, 3.63) is 18.0 Å². The first kappa shape index (κ1) is 14.5. The second kappa shape index (κ2) is 6.50. The van der Waals surface area contributed by atoms with Gasteiger partial charge in [0.15, 0.2) is 0 Å². The molecule has 0 aromatic carbocycles. The number of aromatic nitrogens is 2. The van der Waals surface area contributed by atoms with Gasteiger partial charge in [-0.3, -0.25) is 9.58 Å². The molecule has 0 aliphatic carbocycles. The number of hydrogen-bond donors (Lipinski definition) is 1. The van der Waals surface area contributed by atoms with Crippen molar-refractivity contribution in [1.29, 1.82) is 0 Å². The maximum atomic E-state index is 6.17. The van der Waals surface area contributed by atoms with Crippen molar-refractivity contribution in [2.75, 3.05) is 26.8 Å². The molecule has 108 valence electrons. The van der Waals surface area contributed by atoms with Gasteiger partial charge in [-0.15, -0.1) is 0 Å². The maximum Gasteiger partial charge on any atom is 0.0538 e. The molecule has 2 heterocycles. The van der Waals surface area contributed by atoms with Gasteiger partial charge in [0.1, 0.15) is 0 Å². The van der Waals surface area contributed by atoms with E-state index < -0.39 is 0 Å². The number of rotatable bonds is 5. The molecule has 0 saturated carbocycles. The Morgan fingerprint density at radius 2 is 2.42 bits per heavy atom. The van der Waals surface area contributed by atoms with Gasteiger partial charge in [0.25, 0.3) is 0 Å². The summed E-state index contributed by atoms with van der Waals surface area (Å²) < 4.78 is 7.39. The van der Waals surface area contributed by atoms with E-state index >= 15 is 0 Å². The molecule has 1 saturated heterocycles. The molecule has 1 aliphatic rings. The van der Waals surface area contributed by atoms with Crippen molar-refractivity contribution < 1.29 is 4.74 Å². The van der Waals surface area contributed by atoms with Crippen LogP contribution in [0.25, 0.3) is 0 Å². The van der Waals surface area contributed by atoms with Crippen molar-refractivity contribution >= 4 is 0 Å². The van der Waals surface area contributed by atoms with Crippen LogP contribution in [0.5, 0.6) is 0 Å². The number of hydrogen-bond acceptors (Lipinski definition) is 4. The van der Waals surface area contributed by atoms with Gasteiger partial charge in [-0.05, 0) is 32.7 Å². The Morgan fingerprint density at radius 3 is 2.95 bits per heavy atom. The first-order valence-electron chi connectivity index (χ1n) is 7.10. The van der Waals surface area contributed by atoms with E-state index in [1.54, 1.807) is 0 Å². The Hall–Kier alpha value is -0.910. The number of likely N-dealkylation sites (N-methyl/N-ethyl adjacent to an activating group) is 1. The van der Waals surface area contributed by atoms with E-state index in [0.717, 1.165) is 19.8 Å². The van der Waals surface area contributed by atoms with E-state index in [2.05, 4.69) is 30.2 Å². The zero-order chi connectivity index (χ0) is 13.8. The SMILES string of the molecule is CC(N)C(c1cnn(C)c1)N(C)CC1CCCOC1. The predicted octanol–water partition coefficient (Wildman–Crippen LogP) is 1.17. The fraction of sp³-hybridized carbons (Fsp3) is 0.786. The lowest BCUT2D eigenvalue weighted by molar-refractivity contribution is 0.0344. The zero-order valence-electron chi connectivity index (χ0n) is 12.2. The molecule has 3 unspecified atom stereocenters. The molecule has 19 heavy (non-hydrogen) atoms. The second-order valence-corrected chi connectivity index (χ2v) is 5.77. The molecule has 0 radical (unpaired) electrons. The summed E-state index contributed by atoms with van der Waals surface area (Å²) in [6.45, 7) is 4.88. The van der Waals surface area contributed by atoms with Gasteiger partial charge in [0.2, 0.25) is 0 Å². The van der Waals surface area contributed by atoms with Crippen molar-refractivity contribution in [3.63, 3.8) is 0 Å². The molecule has 1 fully saturated rings. The van der Waals surface area contributed by atoms with Crippen LogP contribution in [0.4, 0.5) is 0 Å². The summed E-state index contributed by atoms with van der Waals surface area (Å²) in [7, 11) is 4.09. The van der Waals surface area contributed by atoms with E-state index in [-0.39, 0.29) is 12.1 Å². The van der Waals surface area contributed by atoms with Crippen LogP contribution < -0.4 is 5.73 Å². The van der Waals surface area contributed by atoms with Crippen molar-refractivity contribution in [2.45, 2.75) is 31.8 Å². The summed E-state index contributed by atoms with van der Waals surface area (Å²) in [6.07, 6.45) is 6.40. The molecule has 5 heteroatoms. The summed E-state index contributed by atoms with van der Waals surface area (Å²) in [6, 6.07) is 0.300. The Kier molecular flexibility index (Phi) is 4.96. The molecule has 0 amide bonds. The molecule has 1 aromatic rings. The third kappa shape index (κ3) is 3.78. The van der Waals surface area contributed by atoms with E-state index in [1.165, 1.54) is 18.4 Å². The minimum Gasteiger partial charge on any atom is -0.381 e. The Balaban J connectivity index is 2.01. The quantitative estimate of drug-likeness (QED) is 0.869. The molecule has 0 bridgehead atoms. The fourth-order valence-corrected chi connectivity index (χ4v) is 3.02. The average molecular weight is 266 g/mol. The van der Waals surface area contributed by atoms with E-state index in [0.29, 0.717) is 5.92 Å². The van der Waals surface area contributed by atoms with Crippen LogP contribution in [-0.2, 0) is 11.8 Å². The summed E-state index contributed by atoms with van der Waals surface area (Å²) in [5.41, 5.74) is 7.37. The van der Waals surface area contributed by atoms with E-state index in [4.69, 9.17) is 10.5 Å². The van der Waals surface area contributed by atoms with Crippen molar-refractivity contribution in [1.82, 2.24) is 14.7 Å². The molecule has 1 aliphatic heterocycles. The average Bonchev–Trinajstić information content (AvgIpc) is 2.76. The van der Waals surface area contributed by atoms with E-state index in [9.17, 15) is 0 Å². The smallest absolute Gasteiger partial charge is 0.0538 e. The molecular formula is C14H26N4O. The van der Waals surface area contributed by atoms with Crippen LogP contribution in [0.3, 0.4) is 0 Å². The highest BCUT2D eigenvalue weighted by Crippen LogP contribution is 2.24. The monoisotopic (exact) mass is 266 g/mol. The normalized spacial score (nSPS) is 23.5. The number of nitrogens with zero attached hydrogens (tertiary/aromatic N) is 3. The Morgan fingerprint density at radius 1 is 1.63 bits per heavy atom. The van der Waals surface area contributed by atoms with Crippen molar-refractivity contribution in [2.24, 2.45) is 18.7 Å². The molecule has 2 N–H and O–H groups in total. The highest BCUT2D eigenvalue weighted by Gasteiger charge is 2.25. The van der Waals surface area contributed by atoms with Crippen LogP contribution in [0.1, 0.15) is 31.4 Å². The lowest BCUT2D eigenvalue weighted by Gasteiger charge is -2.34. The first-order chi connectivity index (χ1) is 9.08. The fourth-order valence-electron chi connectivity index (χ4n) is 3.02. The zero-order valence-corrected chi connectivity index (χ0v) is 12.2. The van der Waals surface area contributed by atoms with Crippen LogP contribution >= 0.6 is 0 Å². The minimum absolute atomic E-state index is 0.0821. The largest absolute Gasteiger partial charge is 0.381 e. The third-order valence-electron chi connectivity index (χ3n) is 3.84. The lowest BCUT2D eigenvalue weighted by Crippen LogP contribution is -2.40. The molecule has 5 nitrogen and oxygen atoms in total. The molecule has 3 atom stereocenters. The van der Waals surface area contributed by atoms with Gasteiger partial charge >= 0.3 is 0 Å². The predicted molar refractivity (Wildman–Crippen MR) is 75.8 cm³/mol. The molecule has 2 rings (SSSR count). The van der Waals surface area contributed by atoms with Gasteiger partial charge in [-0.1, -0.05) is 0 Å². The highest BCUT2D eigenvalue weighted by atomic mass is 16.5. The topological polar surface area (TPSA) is 56.3 Å². The van der Waals surface area contributed by atoms with Gasteiger partial charge in [0.05, 0.1) is 18.8 Å². The standard InChI is InChI=1S/C14H26N4O/c1-11(15)14(13-7-16-18(3)9-13)17(2)8-12-5-4-6-19-10-12/h7,9,11-12,14H,4-6,8,10,15H2,1-3H3. The van der Waals surface area contributed by atoms with Crippen LogP contribution in [0.2, 0.25) is 0 Å². The van der Waals surface area contributed by atoms with Gasteiger partial charge < -0.3 is 10.5 Å². The molecule has 1 aromatic heterocycles. The van der Waals surface area contributed by atoms with Gasteiger partial charge in [0, 0.05) is 38.0 Å². The summed E-state index contributed by atoms with van der Waals surface area (Å²) in [4.78, 5) is 2.35. The number of ether oxygens (including phenoxy) is 1. The summed E-state index contributed by atoms with van der Waals surface area (Å²) >= 11 is 0. The second-order valence-electron chi connectivity index (χ2n) is 5.77. The number of nitrogens with two attached hydrogens (primary N) is 1. The van der Waals surface area contributed by atoms with Crippen LogP contribution in [0, 0.1) is 5.92 Å². The first-order valence-corrected chi connectivity index (χ1v) is 7.10. The Labute approximate surface area is 115 Å². The molecular weight excluding hydrogens is 240 g/mol. The maximum absolute atomic E-state index is 6.17. The van der Waals surface area contributed by atoms with Gasteiger partial charge in [-0.2, -0.15) is 5.10 Å². The third-order valence-corrected chi connectivity index (χ3v) is 3.84. The van der Waals surface area contributed by atoms with Crippen LogP contribution in [0.15, 0.2) is 12.4 Å². The van der Waals surface area contributed by atoms with Crippen LogP contribution in [-0.4, -0.2) is 47.5 Å². The van der Waals surface area contributed by atoms with E-state index in [1.807, 2.05) is 17.9 Å². The Bertz CT molecular complexity index is 385. The summed E-state index contributed by atoms with van der Waals surface area (Å²) in [5, 5.41) is 4.26. The highest BCUT2D eigenvalue weighted by molar-refractivity contribution is 5.12. The summed E-state index contributed by atoms with van der Waals surface area (Å²) in [5.74, 6) is 0.622.